The van der Waals surface area contributed by atoms with E-state index in [2.05, 4.69) is 131 Å². The highest BCUT2D eigenvalue weighted by Gasteiger charge is 2.49. The maximum absolute atomic E-state index is 3.81. The molecule has 1 spiro atoms. The molecule has 0 bridgehead atoms. The Balaban J connectivity index is 1.79. The summed E-state index contributed by atoms with van der Waals surface area (Å²) in [7, 11) is 0. The standard InChI is InChI=1S/C31H19Br/c32-20-17-18-26-22-10-2-1-9-21(22)23-11-3-6-14-27(23)31(30(26)19-20)28-15-7-4-12-24(28)25-13-5-8-16-29(25)31/h1-19H. The van der Waals surface area contributed by atoms with E-state index in [1.54, 1.807) is 0 Å². The van der Waals surface area contributed by atoms with Crippen molar-refractivity contribution in [1.82, 2.24) is 0 Å². The van der Waals surface area contributed by atoms with Crippen LogP contribution < -0.4 is 0 Å². The minimum absolute atomic E-state index is 0.373. The van der Waals surface area contributed by atoms with Gasteiger partial charge in [0.05, 0.1) is 5.41 Å². The molecule has 32 heavy (non-hydrogen) atoms. The number of hydrogen-bond acceptors (Lipinski definition) is 0. The Morgan fingerprint density at radius 2 is 0.750 bits per heavy atom. The zero-order valence-corrected chi connectivity index (χ0v) is 18.9. The minimum Gasteiger partial charge on any atom is -0.0619 e. The Kier molecular flexibility index (Phi) is 3.72. The van der Waals surface area contributed by atoms with Crippen LogP contribution in [0.15, 0.2) is 120 Å². The molecule has 0 aliphatic heterocycles. The monoisotopic (exact) mass is 470 g/mol. The molecule has 0 fully saturated rings. The van der Waals surface area contributed by atoms with Crippen molar-refractivity contribution in [3.8, 4) is 33.4 Å². The molecule has 0 aromatic heterocycles. The zero-order chi connectivity index (χ0) is 21.3. The molecule has 7 rings (SSSR count). The van der Waals surface area contributed by atoms with Crippen LogP contribution in [0.4, 0.5) is 0 Å². The van der Waals surface area contributed by atoms with E-state index in [4.69, 9.17) is 0 Å². The Morgan fingerprint density at radius 1 is 0.375 bits per heavy atom. The largest absolute Gasteiger partial charge is 0.0725 e. The lowest BCUT2D eigenvalue weighted by atomic mass is 9.66. The van der Waals surface area contributed by atoms with Crippen molar-refractivity contribution in [3.63, 3.8) is 0 Å². The quantitative estimate of drug-likeness (QED) is 0.208. The average molecular weight is 471 g/mol. The number of halogens is 1. The molecule has 0 saturated carbocycles. The smallest absolute Gasteiger partial charge is 0.0619 e. The number of benzene rings is 5. The van der Waals surface area contributed by atoms with Crippen LogP contribution in [0, 0.1) is 0 Å². The Hall–Kier alpha value is -3.42. The minimum atomic E-state index is -0.373. The lowest BCUT2D eigenvalue weighted by Crippen LogP contribution is -2.29. The summed E-state index contributed by atoms with van der Waals surface area (Å²) in [6.45, 7) is 0. The molecule has 0 unspecified atom stereocenters. The summed E-state index contributed by atoms with van der Waals surface area (Å²) in [5.74, 6) is 0. The van der Waals surface area contributed by atoms with E-state index >= 15 is 0 Å². The summed E-state index contributed by atoms with van der Waals surface area (Å²) >= 11 is 3.81. The van der Waals surface area contributed by atoms with Gasteiger partial charge in [-0.3, -0.25) is 0 Å². The fraction of sp³-hybridized carbons (Fsp3) is 0.0323. The van der Waals surface area contributed by atoms with Gasteiger partial charge in [-0.05, 0) is 67.8 Å². The molecule has 0 nitrogen and oxygen atoms in total. The highest BCUT2D eigenvalue weighted by molar-refractivity contribution is 9.10. The zero-order valence-electron chi connectivity index (χ0n) is 17.3. The van der Waals surface area contributed by atoms with E-state index in [9.17, 15) is 0 Å². The first kappa shape index (κ1) is 18.2. The molecule has 0 N–H and O–H groups in total. The summed E-state index contributed by atoms with van der Waals surface area (Å²) in [6.07, 6.45) is 0. The van der Waals surface area contributed by atoms with Crippen molar-refractivity contribution in [2.24, 2.45) is 0 Å². The molecule has 0 atom stereocenters. The van der Waals surface area contributed by atoms with E-state index < -0.39 is 0 Å². The fourth-order valence-electron chi connectivity index (χ4n) is 6.02. The van der Waals surface area contributed by atoms with Gasteiger partial charge >= 0.3 is 0 Å². The second-order valence-electron chi connectivity index (χ2n) is 8.62. The Labute approximate surface area is 196 Å². The van der Waals surface area contributed by atoms with Gasteiger partial charge in [0.2, 0.25) is 0 Å². The summed E-state index contributed by atoms with van der Waals surface area (Å²) in [4.78, 5) is 0. The molecular formula is C31H19Br. The second kappa shape index (κ2) is 6.54. The van der Waals surface area contributed by atoms with Crippen LogP contribution in [0.5, 0.6) is 0 Å². The maximum Gasteiger partial charge on any atom is 0.0725 e. The number of hydrogen-bond donors (Lipinski definition) is 0. The number of fused-ring (bicyclic) bond motifs is 12. The van der Waals surface area contributed by atoms with Gasteiger partial charge in [-0.2, -0.15) is 0 Å². The van der Waals surface area contributed by atoms with Gasteiger partial charge in [-0.1, -0.05) is 119 Å². The van der Waals surface area contributed by atoms with Crippen LogP contribution in [-0.4, -0.2) is 0 Å². The predicted octanol–water partition coefficient (Wildman–Crippen LogP) is 8.46. The molecule has 0 heterocycles. The molecule has 150 valence electrons. The van der Waals surface area contributed by atoms with E-state index in [-0.39, 0.29) is 5.41 Å². The molecule has 2 aliphatic rings. The fourth-order valence-corrected chi connectivity index (χ4v) is 6.38. The van der Waals surface area contributed by atoms with E-state index in [0.717, 1.165) is 4.47 Å². The molecule has 0 amide bonds. The Morgan fingerprint density at radius 3 is 1.25 bits per heavy atom. The summed E-state index contributed by atoms with van der Waals surface area (Å²) < 4.78 is 1.11. The van der Waals surface area contributed by atoms with Gasteiger partial charge in [0.15, 0.2) is 0 Å². The van der Waals surface area contributed by atoms with Gasteiger partial charge in [0.1, 0.15) is 0 Å². The van der Waals surface area contributed by atoms with Gasteiger partial charge < -0.3 is 0 Å². The van der Waals surface area contributed by atoms with Crippen LogP contribution >= 0.6 is 15.9 Å². The molecule has 2 aliphatic carbocycles. The van der Waals surface area contributed by atoms with E-state index in [0.29, 0.717) is 0 Å². The van der Waals surface area contributed by atoms with E-state index in [1.165, 1.54) is 55.6 Å². The van der Waals surface area contributed by atoms with Gasteiger partial charge in [-0.15, -0.1) is 0 Å². The summed E-state index contributed by atoms with van der Waals surface area (Å²) in [6, 6.07) is 42.5. The molecule has 0 radical (unpaired) electrons. The van der Waals surface area contributed by atoms with Crippen molar-refractivity contribution >= 4 is 15.9 Å². The highest BCUT2D eigenvalue weighted by Crippen LogP contribution is 2.61. The Bertz CT molecular complexity index is 1500. The normalized spacial score (nSPS) is 14.0. The highest BCUT2D eigenvalue weighted by atomic mass is 79.9. The first-order valence-electron chi connectivity index (χ1n) is 11.0. The molecule has 1 heteroatoms. The van der Waals surface area contributed by atoms with E-state index in [1.807, 2.05) is 0 Å². The van der Waals surface area contributed by atoms with Gasteiger partial charge in [-0.25, -0.2) is 0 Å². The van der Waals surface area contributed by atoms with Crippen LogP contribution in [0.1, 0.15) is 22.3 Å². The molecule has 0 saturated heterocycles. The third-order valence-electron chi connectivity index (χ3n) is 7.18. The average Bonchev–Trinajstić information content (AvgIpc) is 3.10. The third kappa shape index (κ3) is 2.17. The SMILES string of the molecule is Brc1ccc2c(c1)C1(c3ccccc3-c3ccccc3-2)c2ccccc2-c2ccccc21. The van der Waals surface area contributed by atoms with Gasteiger partial charge in [0.25, 0.3) is 0 Å². The topological polar surface area (TPSA) is 0 Å². The summed E-state index contributed by atoms with van der Waals surface area (Å²) in [5, 5.41) is 0. The second-order valence-corrected chi connectivity index (χ2v) is 9.54. The maximum atomic E-state index is 3.81. The first-order chi connectivity index (χ1) is 15.8. The number of rotatable bonds is 0. The van der Waals surface area contributed by atoms with Crippen LogP contribution in [0.3, 0.4) is 0 Å². The van der Waals surface area contributed by atoms with Crippen LogP contribution in [0.2, 0.25) is 0 Å². The molecule has 5 aromatic rings. The lowest BCUT2D eigenvalue weighted by molar-refractivity contribution is 0.774. The van der Waals surface area contributed by atoms with Crippen molar-refractivity contribution in [2.45, 2.75) is 5.41 Å². The van der Waals surface area contributed by atoms with Crippen molar-refractivity contribution < 1.29 is 0 Å². The summed E-state index contributed by atoms with van der Waals surface area (Å²) in [5.41, 5.74) is 12.9. The van der Waals surface area contributed by atoms with Crippen molar-refractivity contribution in [3.05, 3.63) is 142 Å². The van der Waals surface area contributed by atoms with Gasteiger partial charge in [0, 0.05) is 4.47 Å². The third-order valence-corrected chi connectivity index (χ3v) is 7.67. The predicted molar refractivity (Wildman–Crippen MR) is 136 cm³/mol. The van der Waals surface area contributed by atoms with Crippen molar-refractivity contribution in [1.29, 1.82) is 0 Å². The lowest BCUT2D eigenvalue weighted by Gasteiger charge is -2.35. The molecular weight excluding hydrogens is 452 g/mol. The van der Waals surface area contributed by atoms with Crippen molar-refractivity contribution in [2.75, 3.05) is 0 Å². The first-order valence-corrected chi connectivity index (χ1v) is 11.8. The molecule has 5 aromatic carbocycles. The van der Waals surface area contributed by atoms with Crippen LogP contribution in [0.25, 0.3) is 33.4 Å². The van der Waals surface area contributed by atoms with Crippen LogP contribution in [-0.2, 0) is 5.41 Å².